The van der Waals surface area contributed by atoms with Crippen LogP contribution in [0.1, 0.15) is 34.7 Å². The lowest BCUT2D eigenvalue weighted by molar-refractivity contribution is 0.0600. The molecule has 2 rings (SSSR count). The number of carbonyl (C=O) groups excluding carboxylic acids is 1. The molecular formula is C15H19N3O2. The minimum atomic E-state index is -0.322. The van der Waals surface area contributed by atoms with E-state index in [2.05, 4.69) is 17.2 Å². The smallest absolute Gasteiger partial charge is 0.337 e. The molecule has 0 aliphatic rings. The molecule has 1 heterocycles. The highest BCUT2D eigenvalue weighted by Gasteiger charge is 2.12. The number of nitrogens with zero attached hydrogens (tertiary/aromatic N) is 2. The number of benzene rings is 1. The van der Waals surface area contributed by atoms with Crippen molar-refractivity contribution in [1.82, 2.24) is 9.55 Å². The molecule has 0 amide bonds. The number of hydrogen-bond acceptors (Lipinski definition) is 4. The average molecular weight is 273 g/mol. The lowest BCUT2D eigenvalue weighted by atomic mass is 10.1. The lowest BCUT2D eigenvalue weighted by Crippen LogP contribution is -2.13. The Kier molecular flexibility index (Phi) is 4.08. The van der Waals surface area contributed by atoms with E-state index < -0.39 is 0 Å². The minimum absolute atomic E-state index is 0.0812. The van der Waals surface area contributed by atoms with E-state index in [1.54, 1.807) is 12.3 Å². The molecule has 0 aliphatic carbocycles. The van der Waals surface area contributed by atoms with Gasteiger partial charge in [0.15, 0.2) is 0 Å². The zero-order valence-electron chi connectivity index (χ0n) is 12.2. The fourth-order valence-corrected chi connectivity index (χ4v) is 2.16. The molecule has 1 N–H and O–H groups in total. The SMILES string of the molecule is COC(=O)c1ccc(NC(C)c2nccn2C)c(C)c1. The number of methoxy groups -OCH3 is 1. The Bertz CT molecular complexity index is 619. The van der Waals surface area contributed by atoms with Crippen LogP contribution >= 0.6 is 0 Å². The van der Waals surface area contributed by atoms with Gasteiger partial charge in [-0.2, -0.15) is 0 Å². The summed E-state index contributed by atoms with van der Waals surface area (Å²) in [5.41, 5.74) is 2.53. The van der Waals surface area contributed by atoms with Crippen LogP contribution in [0.3, 0.4) is 0 Å². The second-order valence-electron chi connectivity index (χ2n) is 4.78. The lowest BCUT2D eigenvalue weighted by Gasteiger charge is -2.17. The number of esters is 1. The van der Waals surface area contributed by atoms with Crippen molar-refractivity contribution in [1.29, 1.82) is 0 Å². The van der Waals surface area contributed by atoms with Crippen molar-refractivity contribution in [2.75, 3.05) is 12.4 Å². The van der Waals surface area contributed by atoms with Gasteiger partial charge in [0.25, 0.3) is 0 Å². The molecule has 0 spiro atoms. The third-order valence-corrected chi connectivity index (χ3v) is 3.27. The van der Waals surface area contributed by atoms with Crippen LogP contribution in [0.5, 0.6) is 0 Å². The van der Waals surface area contributed by atoms with E-state index >= 15 is 0 Å². The first-order valence-electron chi connectivity index (χ1n) is 6.45. The maximum Gasteiger partial charge on any atom is 0.337 e. The summed E-state index contributed by atoms with van der Waals surface area (Å²) in [6, 6.07) is 5.55. The maximum atomic E-state index is 11.5. The first kappa shape index (κ1) is 14.1. The largest absolute Gasteiger partial charge is 0.465 e. The van der Waals surface area contributed by atoms with E-state index in [1.807, 2.05) is 36.9 Å². The predicted molar refractivity (Wildman–Crippen MR) is 77.8 cm³/mol. The zero-order valence-corrected chi connectivity index (χ0v) is 12.2. The molecule has 5 nitrogen and oxygen atoms in total. The van der Waals surface area contributed by atoms with E-state index in [1.165, 1.54) is 7.11 Å². The van der Waals surface area contributed by atoms with Crippen LogP contribution in [-0.2, 0) is 11.8 Å². The van der Waals surface area contributed by atoms with Crippen molar-refractivity contribution in [3.05, 3.63) is 47.5 Å². The topological polar surface area (TPSA) is 56.1 Å². The third-order valence-electron chi connectivity index (χ3n) is 3.27. The van der Waals surface area contributed by atoms with Gasteiger partial charge in [0, 0.05) is 25.1 Å². The molecule has 0 saturated heterocycles. The molecule has 0 fully saturated rings. The first-order valence-corrected chi connectivity index (χ1v) is 6.45. The Morgan fingerprint density at radius 2 is 2.20 bits per heavy atom. The molecule has 0 radical (unpaired) electrons. The first-order chi connectivity index (χ1) is 9.52. The van der Waals surface area contributed by atoms with Gasteiger partial charge in [0.05, 0.1) is 18.7 Å². The standard InChI is InChI=1S/C15H19N3O2/c1-10-9-12(15(19)20-4)5-6-13(10)17-11(2)14-16-7-8-18(14)3/h5-9,11,17H,1-4H3. The van der Waals surface area contributed by atoms with Crippen LogP contribution in [0.2, 0.25) is 0 Å². The number of anilines is 1. The van der Waals surface area contributed by atoms with Gasteiger partial charge in [0.2, 0.25) is 0 Å². The van der Waals surface area contributed by atoms with Crippen molar-refractivity contribution >= 4 is 11.7 Å². The van der Waals surface area contributed by atoms with Gasteiger partial charge in [-0.05, 0) is 37.6 Å². The number of ether oxygens (including phenoxy) is 1. The molecule has 1 atom stereocenters. The van der Waals surface area contributed by atoms with Gasteiger partial charge in [-0.25, -0.2) is 9.78 Å². The Morgan fingerprint density at radius 3 is 2.75 bits per heavy atom. The van der Waals surface area contributed by atoms with E-state index in [0.717, 1.165) is 17.1 Å². The number of carbonyl (C=O) groups is 1. The number of aryl methyl sites for hydroxylation is 2. The third kappa shape index (κ3) is 2.82. The molecule has 1 unspecified atom stereocenters. The highest BCUT2D eigenvalue weighted by atomic mass is 16.5. The van der Waals surface area contributed by atoms with Crippen molar-refractivity contribution in [2.45, 2.75) is 19.9 Å². The summed E-state index contributed by atoms with van der Waals surface area (Å²) in [5.74, 6) is 0.637. The summed E-state index contributed by atoms with van der Waals surface area (Å²) in [5, 5.41) is 3.40. The molecular weight excluding hydrogens is 254 g/mol. The highest BCUT2D eigenvalue weighted by Crippen LogP contribution is 2.22. The van der Waals surface area contributed by atoms with Crippen molar-refractivity contribution < 1.29 is 9.53 Å². The van der Waals surface area contributed by atoms with Gasteiger partial charge < -0.3 is 14.6 Å². The second kappa shape index (κ2) is 5.77. The highest BCUT2D eigenvalue weighted by molar-refractivity contribution is 5.90. The van der Waals surface area contributed by atoms with E-state index in [9.17, 15) is 4.79 Å². The molecule has 106 valence electrons. The van der Waals surface area contributed by atoms with E-state index in [-0.39, 0.29) is 12.0 Å². The normalized spacial score (nSPS) is 12.0. The molecule has 5 heteroatoms. The van der Waals surface area contributed by atoms with E-state index in [4.69, 9.17) is 4.74 Å². The van der Waals surface area contributed by atoms with Crippen molar-refractivity contribution in [2.24, 2.45) is 7.05 Å². The molecule has 0 aliphatic heterocycles. The predicted octanol–water partition coefficient (Wildman–Crippen LogP) is 2.69. The monoisotopic (exact) mass is 273 g/mol. The molecule has 0 bridgehead atoms. The fourth-order valence-electron chi connectivity index (χ4n) is 2.16. The number of aromatic nitrogens is 2. The molecule has 2 aromatic rings. The summed E-state index contributed by atoms with van der Waals surface area (Å²) >= 11 is 0. The fraction of sp³-hybridized carbons (Fsp3) is 0.333. The summed E-state index contributed by atoms with van der Waals surface area (Å²) in [4.78, 5) is 15.8. The van der Waals surface area contributed by atoms with Gasteiger partial charge in [-0.3, -0.25) is 0 Å². The van der Waals surface area contributed by atoms with Crippen LogP contribution in [0.4, 0.5) is 5.69 Å². The van der Waals surface area contributed by atoms with Crippen LogP contribution < -0.4 is 5.32 Å². The molecule has 0 saturated carbocycles. The van der Waals surface area contributed by atoms with Gasteiger partial charge in [-0.1, -0.05) is 0 Å². The summed E-state index contributed by atoms with van der Waals surface area (Å²) < 4.78 is 6.70. The van der Waals surface area contributed by atoms with Crippen LogP contribution in [0, 0.1) is 6.92 Å². The minimum Gasteiger partial charge on any atom is -0.465 e. The van der Waals surface area contributed by atoms with Gasteiger partial charge in [0.1, 0.15) is 5.82 Å². The Balaban J connectivity index is 2.18. The molecule has 20 heavy (non-hydrogen) atoms. The quantitative estimate of drug-likeness (QED) is 0.870. The van der Waals surface area contributed by atoms with Crippen molar-refractivity contribution in [3.63, 3.8) is 0 Å². The van der Waals surface area contributed by atoms with Gasteiger partial charge in [-0.15, -0.1) is 0 Å². The summed E-state index contributed by atoms with van der Waals surface area (Å²) in [7, 11) is 3.35. The number of hydrogen-bond donors (Lipinski definition) is 1. The van der Waals surface area contributed by atoms with Crippen LogP contribution in [0.15, 0.2) is 30.6 Å². The zero-order chi connectivity index (χ0) is 14.7. The summed E-state index contributed by atoms with van der Waals surface area (Å²) in [6.07, 6.45) is 3.70. The van der Waals surface area contributed by atoms with Crippen LogP contribution in [0.25, 0.3) is 0 Å². The average Bonchev–Trinajstić information content (AvgIpc) is 2.86. The Morgan fingerprint density at radius 1 is 1.45 bits per heavy atom. The van der Waals surface area contributed by atoms with Crippen LogP contribution in [-0.4, -0.2) is 22.6 Å². The van der Waals surface area contributed by atoms with E-state index in [0.29, 0.717) is 5.56 Å². The summed E-state index contributed by atoms with van der Waals surface area (Å²) in [6.45, 7) is 4.01. The Labute approximate surface area is 118 Å². The molecule has 1 aromatic heterocycles. The number of nitrogens with one attached hydrogen (secondary N) is 1. The number of rotatable bonds is 4. The number of imidazole rings is 1. The van der Waals surface area contributed by atoms with Gasteiger partial charge >= 0.3 is 5.97 Å². The van der Waals surface area contributed by atoms with Crippen molar-refractivity contribution in [3.8, 4) is 0 Å². The maximum absolute atomic E-state index is 11.5. The molecule has 1 aromatic carbocycles. The second-order valence-corrected chi connectivity index (χ2v) is 4.78. The Hall–Kier alpha value is -2.30.